The second-order valence-electron chi connectivity index (χ2n) is 5.04. The highest BCUT2D eigenvalue weighted by atomic mass is 32.1. The summed E-state index contributed by atoms with van der Waals surface area (Å²) in [5, 5.41) is 6.15. The predicted octanol–water partition coefficient (Wildman–Crippen LogP) is 1.63. The van der Waals surface area contributed by atoms with Gasteiger partial charge < -0.3 is 11.1 Å². The fraction of sp³-hybridized carbons (Fsp3) is 0.692. The van der Waals surface area contributed by atoms with Crippen LogP contribution in [-0.2, 0) is 11.2 Å². The van der Waals surface area contributed by atoms with Crippen molar-refractivity contribution in [3.63, 3.8) is 0 Å². The zero-order valence-electron chi connectivity index (χ0n) is 10.8. The summed E-state index contributed by atoms with van der Waals surface area (Å²) < 4.78 is 0. The van der Waals surface area contributed by atoms with Crippen molar-refractivity contribution in [3.05, 3.63) is 16.1 Å². The van der Waals surface area contributed by atoms with Gasteiger partial charge in [-0.05, 0) is 32.6 Å². The monoisotopic (exact) mass is 267 g/mol. The van der Waals surface area contributed by atoms with Gasteiger partial charge in [-0.25, -0.2) is 4.98 Å². The molecular weight excluding hydrogens is 246 g/mol. The van der Waals surface area contributed by atoms with Gasteiger partial charge in [0.25, 0.3) is 0 Å². The van der Waals surface area contributed by atoms with E-state index in [2.05, 4.69) is 10.3 Å². The first-order valence-corrected chi connectivity index (χ1v) is 7.47. The molecule has 0 atom stereocenters. The van der Waals surface area contributed by atoms with Crippen LogP contribution in [0, 0.1) is 12.8 Å². The van der Waals surface area contributed by atoms with Crippen LogP contribution < -0.4 is 11.1 Å². The first-order chi connectivity index (χ1) is 8.65. The maximum absolute atomic E-state index is 11.9. The van der Waals surface area contributed by atoms with Crippen LogP contribution in [0.3, 0.4) is 0 Å². The van der Waals surface area contributed by atoms with Gasteiger partial charge in [0, 0.05) is 36.0 Å². The molecule has 1 heterocycles. The molecule has 1 fully saturated rings. The van der Waals surface area contributed by atoms with Gasteiger partial charge >= 0.3 is 0 Å². The Balaban J connectivity index is 1.68. The van der Waals surface area contributed by atoms with E-state index in [-0.39, 0.29) is 11.8 Å². The molecule has 18 heavy (non-hydrogen) atoms. The van der Waals surface area contributed by atoms with E-state index in [9.17, 15) is 4.79 Å². The highest BCUT2D eigenvalue weighted by molar-refractivity contribution is 7.09. The molecule has 1 aliphatic rings. The van der Waals surface area contributed by atoms with Crippen molar-refractivity contribution in [2.45, 2.75) is 45.1 Å². The first kappa shape index (κ1) is 13.5. The van der Waals surface area contributed by atoms with E-state index in [1.54, 1.807) is 11.3 Å². The molecule has 0 unspecified atom stereocenters. The number of hydrogen-bond donors (Lipinski definition) is 2. The number of carbonyl (C=O) groups excluding carboxylic acids is 1. The summed E-state index contributed by atoms with van der Waals surface area (Å²) >= 11 is 1.66. The summed E-state index contributed by atoms with van der Waals surface area (Å²) in [6.07, 6.45) is 4.65. The number of nitrogens with two attached hydrogens (primary N) is 1. The number of thiazole rings is 1. The molecule has 1 aromatic heterocycles. The molecular formula is C13H21N3OS. The number of aromatic nitrogens is 1. The Morgan fingerprint density at radius 2 is 2.22 bits per heavy atom. The van der Waals surface area contributed by atoms with Gasteiger partial charge in [-0.3, -0.25) is 4.79 Å². The van der Waals surface area contributed by atoms with Crippen molar-refractivity contribution >= 4 is 17.2 Å². The van der Waals surface area contributed by atoms with Gasteiger partial charge in [0.1, 0.15) is 0 Å². The minimum absolute atomic E-state index is 0.169. The number of hydrogen-bond acceptors (Lipinski definition) is 4. The average molecular weight is 267 g/mol. The van der Waals surface area contributed by atoms with Crippen LogP contribution in [-0.4, -0.2) is 23.5 Å². The number of nitrogens with one attached hydrogen (secondary N) is 1. The molecule has 0 aliphatic heterocycles. The second kappa shape index (κ2) is 6.29. The lowest BCUT2D eigenvalue weighted by Crippen LogP contribution is -2.37. The lowest BCUT2D eigenvalue weighted by atomic mass is 9.86. The van der Waals surface area contributed by atoms with Crippen molar-refractivity contribution in [1.29, 1.82) is 0 Å². The Bertz CT molecular complexity index is 397. The normalized spacial score (nSPS) is 23.9. The molecule has 1 saturated carbocycles. The van der Waals surface area contributed by atoms with Gasteiger partial charge in [-0.1, -0.05) is 0 Å². The van der Waals surface area contributed by atoms with Crippen molar-refractivity contribution in [1.82, 2.24) is 10.3 Å². The Labute approximate surface area is 112 Å². The van der Waals surface area contributed by atoms with Crippen LogP contribution in [0.1, 0.15) is 36.4 Å². The molecule has 0 spiro atoms. The SMILES string of the molecule is Cc1csc(CCNC(=O)C2CCC(N)CC2)n1. The summed E-state index contributed by atoms with van der Waals surface area (Å²) in [5.74, 6) is 0.359. The minimum Gasteiger partial charge on any atom is -0.355 e. The Morgan fingerprint density at radius 3 is 2.83 bits per heavy atom. The zero-order chi connectivity index (χ0) is 13.0. The number of amides is 1. The summed E-state index contributed by atoms with van der Waals surface area (Å²) in [6.45, 7) is 2.68. The summed E-state index contributed by atoms with van der Waals surface area (Å²) in [7, 11) is 0. The van der Waals surface area contributed by atoms with Crippen molar-refractivity contribution in [3.8, 4) is 0 Å². The number of nitrogens with zero attached hydrogens (tertiary/aromatic N) is 1. The lowest BCUT2D eigenvalue weighted by Gasteiger charge is -2.25. The zero-order valence-corrected chi connectivity index (χ0v) is 11.6. The molecule has 4 nitrogen and oxygen atoms in total. The number of aryl methyl sites for hydroxylation is 1. The minimum atomic E-state index is 0.169. The van der Waals surface area contributed by atoms with Crippen LogP contribution in [0.25, 0.3) is 0 Å². The highest BCUT2D eigenvalue weighted by Gasteiger charge is 2.24. The van der Waals surface area contributed by atoms with Crippen molar-refractivity contribution < 1.29 is 4.79 Å². The molecule has 3 N–H and O–H groups in total. The maximum Gasteiger partial charge on any atom is 0.223 e. The van der Waals surface area contributed by atoms with E-state index < -0.39 is 0 Å². The van der Waals surface area contributed by atoms with Gasteiger partial charge in [-0.2, -0.15) is 0 Å². The molecule has 1 aromatic rings. The molecule has 5 heteroatoms. The van der Waals surface area contributed by atoms with E-state index in [1.165, 1.54) is 0 Å². The largest absolute Gasteiger partial charge is 0.355 e. The lowest BCUT2D eigenvalue weighted by molar-refractivity contribution is -0.125. The molecule has 0 radical (unpaired) electrons. The second-order valence-corrected chi connectivity index (χ2v) is 5.98. The van der Waals surface area contributed by atoms with E-state index in [4.69, 9.17) is 5.73 Å². The Morgan fingerprint density at radius 1 is 1.50 bits per heavy atom. The van der Waals surface area contributed by atoms with Crippen molar-refractivity contribution in [2.75, 3.05) is 6.54 Å². The van der Waals surface area contributed by atoms with Gasteiger partial charge in [0.2, 0.25) is 5.91 Å². The molecule has 2 rings (SSSR count). The Kier molecular flexibility index (Phi) is 4.72. The summed E-state index contributed by atoms with van der Waals surface area (Å²) in [5.41, 5.74) is 6.89. The van der Waals surface area contributed by atoms with Gasteiger partial charge in [-0.15, -0.1) is 11.3 Å². The van der Waals surface area contributed by atoms with Gasteiger partial charge in [0.15, 0.2) is 0 Å². The smallest absolute Gasteiger partial charge is 0.223 e. The third kappa shape index (κ3) is 3.78. The molecule has 100 valence electrons. The average Bonchev–Trinajstić information content (AvgIpc) is 2.76. The van der Waals surface area contributed by atoms with Crippen LogP contribution in [0.2, 0.25) is 0 Å². The van der Waals surface area contributed by atoms with E-state index in [1.807, 2.05) is 12.3 Å². The van der Waals surface area contributed by atoms with E-state index >= 15 is 0 Å². The standard InChI is InChI=1S/C13H21N3OS/c1-9-8-18-12(16-9)6-7-15-13(17)10-2-4-11(14)5-3-10/h8,10-11H,2-7,14H2,1H3,(H,15,17). The number of rotatable bonds is 4. The quantitative estimate of drug-likeness (QED) is 0.871. The van der Waals surface area contributed by atoms with E-state index in [0.717, 1.165) is 42.8 Å². The van der Waals surface area contributed by atoms with Crippen molar-refractivity contribution in [2.24, 2.45) is 11.7 Å². The van der Waals surface area contributed by atoms with Crippen LogP contribution in [0.4, 0.5) is 0 Å². The molecule has 0 aromatic carbocycles. The van der Waals surface area contributed by atoms with Gasteiger partial charge in [0.05, 0.1) is 5.01 Å². The molecule has 1 amide bonds. The van der Waals surface area contributed by atoms with Crippen LogP contribution >= 0.6 is 11.3 Å². The summed E-state index contributed by atoms with van der Waals surface area (Å²) in [6, 6.07) is 0.298. The fourth-order valence-electron chi connectivity index (χ4n) is 2.34. The van der Waals surface area contributed by atoms with Crippen LogP contribution in [0.5, 0.6) is 0 Å². The predicted molar refractivity (Wildman–Crippen MR) is 73.5 cm³/mol. The molecule has 0 saturated heterocycles. The van der Waals surface area contributed by atoms with Crippen LogP contribution in [0.15, 0.2) is 5.38 Å². The fourth-order valence-corrected chi connectivity index (χ4v) is 3.11. The topological polar surface area (TPSA) is 68.0 Å². The third-order valence-electron chi connectivity index (χ3n) is 3.45. The highest BCUT2D eigenvalue weighted by Crippen LogP contribution is 2.23. The Hall–Kier alpha value is -0.940. The third-order valence-corrected chi connectivity index (χ3v) is 4.47. The summed E-state index contributed by atoms with van der Waals surface area (Å²) in [4.78, 5) is 16.3. The first-order valence-electron chi connectivity index (χ1n) is 6.59. The molecule has 1 aliphatic carbocycles. The molecule has 0 bridgehead atoms. The maximum atomic E-state index is 11.9. The number of carbonyl (C=O) groups is 1. The van der Waals surface area contributed by atoms with E-state index in [0.29, 0.717) is 12.6 Å².